The van der Waals surface area contributed by atoms with Gasteiger partial charge < -0.3 is 5.32 Å². The highest BCUT2D eigenvalue weighted by Gasteiger charge is 2.27. The van der Waals surface area contributed by atoms with E-state index in [1.807, 2.05) is 0 Å². The third-order valence-electron chi connectivity index (χ3n) is 2.82. The summed E-state index contributed by atoms with van der Waals surface area (Å²) < 4.78 is 0. The van der Waals surface area contributed by atoms with E-state index >= 15 is 0 Å². The third-order valence-corrected chi connectivity index (χ3v) is 3.76. The summed E-state index contributed by atoms with van der Waals surface area (Å²) in [4.78, 5) is 11.8. The number of hydrogen-bond donors (Lipinski definition) is 1. The van der Waals surface area contributed by atoms with Crippen molar-refractivity contribution in [3.05, 3.63) is 16.8 Å². The monoisotopic (exact) mass is 233 g/mol. The van der Waals surface area contributed by atoms with Gasteiger partial charge in [-0.2, -0.15) is 0 Å². The molecule has 0 atom stereocenters. The molecule has 0 amide bonds. The van der Waals surface area contributed by atoms with Crippen LogP contribution in [0.3, 0.4) is 0 Å². The fraction of sp³-hybridized carbons (Fsp3) is 0.500. The standard InChI is InChI=1S/C12H15N3S/c1-3-13-11-9-6-7(2)16-12(9)15-10(14-11)8-4-5-8/h6,8H,3-5H2,1-2H3,(H,13,14,15). The average Bonchev–Trinajstić information content (AvgIpc) is 3.01. The molecule has 2 heterocycles. The van der Waals surface area contributed by atoms with Crippen LogP contribution in [-0.2, 0) is 0 Å². The zero-order chi connectivity index (χ0) is 11.1. The first-order chi connectivity index (χ1) is 7.78. The smallest absolute Gasteiger partial charge is 0.138 e. The first-order valence-electron chi connectivity index (χ1n) is 5.80. The molecule has 3 nitrogen and oxygen atoms in total. The van der Waals surface area contributed by atoms with Crippen molar-refractivity contribution in [2.24, 2.45) is 0 Å². The molecule has 0 radical (unpaired) electrons. The lowest BCUT2D eigenvalue weighted by Crippen LogP contribution is -2.03. The lowest BCUT2D eigenvalue weighted by Gasteiger charge is -2.05. The number of thiophene rings is 1. The van der Waals surface area contributed by atoms with Crippen LogP contribution in [0.5, 0.6) is 0 Å². The van der Waals surface area contributed by atoms with E-state index in [-0.39, 0.29) is 0 Å². The van der Waals surface area contributed by atoms with Gasteiger partial charge in [-0.25, -0.2) is 9.97 Å². The topological polar surface area (TPSA) is 37.8 Å². The van der Waals surface area contributed by atoms with Gasteiger partial charge in [0, 0.05) is 17.3 Å². The summed E-state index contributed by atoms with van der Waals surface area (Å²) in [6.45, 7) is 5.13. The molecule has 2 aromatic rings. The molecule has 1 fully saturated rings. The molecule has 0 aliphatic heterocycles. The van der Waals surface area contributed by atoms with Crippen LogP contribution in [0.25, 0.3) is 10.2 Å². The number of anilines is 1. The number of aromatic nitrogens is 2. The van der Waals surface area contributed by atoms with Crippen LogP contribution < -0.4 is 5.32 Å². The Morgan fingerprint density at radius 1 is 1.44 bits per heavy atom. The third kappa shape index (κ3) is 1.67. The van der Waals surface area contributed by atoms with Gasteiger partial charge >= 0.3 is 0 Å². The zero-order valence-electron chi connectivity index (χ0n) is 9.58. The summed E-state index contributed by atoms with van der Waals surface area (Å²) in [6.07, 6.45) is 2.50. The summed E-state index contributed by atoms with van der Waals surface area (Å²) in [7, 11) is 0. The second-order valence-corrected chi connectivity index (χ2v) is 5.55. The molecular formula is C12H15N3S. The second-order valence-electron chi connectivity index (χ2n) is 4.31. The Morgan fingerprint density at radius 3 is 2.94 bits per heavy atom. The molecule has 0 unspecified atom stereocenters. The first-order valence-corrected chi connectivity index (χ1v) is 6.61. The summed E-state index contributed by atoms with van der Waals surface area (Å²) in [5, 5.41) is 4.52. The van der Waals surface area contributed by atoms with Gasteiger partial charge in [0.1, 0.15) is 16.5 Å². The first kappa shape index (κ1) is 10.0. The van der Waals surface area contributed by atoms with Gasteiger partial charge in [0.2, 0.25) is 0 Å². The van der Waals surface area contributed by atoms with Crippen molar-refractivity contribution in [2.45, 2.75) is 32.6 Å². The maximum Gasteiger partial charge on any atom is 0.138 e. The molecule has 1 aliphatic carbocycles. The van der Waals surface area contributed by atoms with E-state index < -0.39 is 0 Å². The second kappa shape index (κ2) is 3.70. The van der Waals surface area contributed by atoms with Crippen molar-refractivity contribution in [1.29, 1.82) is 0 Å². The van der Waals surface area contributed by atoms with E-state index in [1.165, 1.54) is 23.1 Å². The van der Waals surface area contributed by atoms with Gasteiger partial charge in [-0.3, -0.25) is 0 Å². The minimum atomic E-state index is 0.615. The molecule has 16 heavy (non-hydrogen) atoms. The van der Waals surface area contributed by atoms with Crippen LogP contribution in [0, 0.1) is 6.92 Å². The summed E-state index contributed by atoms with van der Waals surface area (Å²) in [5.41, 5.74) is 0. The number of hydrogen-bond acceptors (Lipinski definition) is 4. The highest BCUT2D eigenvalue weighted by Crippen LogP contribution is 2.40. The van der Waals surface area contributed by atoms with Crippen LogP contribution in [0.2, 0.25) is 0 Å². The molecule has 0 bridgehead atoms. The fourth-order valence-electron chi connectivity index (χ4n) is 1.88. The molecule has 0 aromatic carbocycles. The van der Waals surface area contributed by atoms with Crippen molar-refractivity contribution in [1.82, 2.24) is 9.97 Å². The highest BCUT2D eigenvalue weighted by molar-refractivity contribution is 7.18. The fourth-order valence-corrected chi connectivity index (χ4v) is 2.77. The average molecular weight is 233 g/mol. The Balaban J connectivity index is 2.17. The van der Waals surface area contributed by atoms with Gasteiger partial charge in [-0.05, 0) is 32.8 Å². The van der Waals surface area contributed by atoms with E-state index in [0.717, 1.165) is 23.0 Å². The quantitative estimate of drug-likeness (QED) is 0.883. The molecule has 1 saturated carbocycles. The summed E-state index contributed by atoms with van der Waals surface area (Å²) in [6, 6.07) is 2.18. The summed E-state index contributed by atoms with van der Waals surface area (Å²) >= 11 is 1.76. The van der Waals surface area contributed by atoms with E-state index in [4.69, 9.17) is 0 Å². The molecule has 1 N–H and O–H groups in total. The lowest BCUT2D eigenvalue weighted by molar-refractivity contribution is 0.947. The van der Waals surface area contributed by atoms with E-state index in [9.17, 15) is 0 Å². The Hall–Kier alpha value is -1.16. The SMILES string of the molecule is CCNc1nc(C2CC2)nc2sc(C)cc12. The molecular weight excluding hydrogens is 218 g/mol. The van der Waals surface area contributed by atoms with E-state index in [0.29, 0.717) is 5.92 Å². The van der Waals surface area contributed by atoms with Crippen LogP contribution in [0.1, 0.15) is 36.4 Å². The van der Waals surface area contributed by atoms with Gasteiger partial charge in [0.05, 0.1) is 5.39 Å². The molecule has 2 aromatic heterocycles. The minimum absolute atomic E-state index is 0.615. The number of fused-ring (bicyclic) bond motifs is 1. The Labute approximate surface area is 98.9 Å². The zero-order valence-corrected chi connectivity index (χ0v) is 10.4. The van der Waals surface area contributed by atoms with Crippen molar-refractivity contribution < 1.29 is 0 Å². The number of nitrogens with zero attached hydrogens (tertiary/aromatic N) is 2. The predicted octanol–water partition coefficient (Wildman–Crippen LogP) is 3.31. The molecule has 3 rings (SSSR count). The molecule has 1 aliphatic rings. The molecule has 0 saturated heterocycles. The Kier molecular flexibility index (Phi) is 2.32. The number of nitrogens with one attached hydrogen (secondary N) is 1. The lowest BCUT2D eigenvalue weighted by atomic mass is 10.3. The van der Waals surface area contributed by atoms with Crippen LogP contribution in [0.4, 0.5) is 5.82 Å². The predicted molar refractivity (Wildman–Crippen MR) is 68.3 cm³/mol. The largest absolute Gasteiger partial charge is 0.370 e. The van der Waals surface area contributed by atoms with Gasteiger partial charge in [-0.1, -0.05) is 0 Å². The van der Waals surface area contributed by atoms with E-state index in [1.54, 1.807) is 11.3 Å². The normalized spacial score (nSPS) is 15.6. The van der Waals surface area contributed by atoms with Crippen LogP contribution >= 0.6 is 11.3 Å². The Bertz CT molecular complexity index is 528. The van der Waals surface area contributed by atoms with Crippen molar-refractivity contribution in [2.75, 3.05) is 11.9 Å². The van der Waals surface area contributed by atoms with Crippen molar-refractivity contribution in [3.63, 3.8) is 0 Å². The minimum Gasteiger partial charge on any atom is -0.370 e. The summed E-state index contributed by atoms with van der Waals surface area (Å²) in [5.74, 6) is 2.66. The van der Waals surface area contributed by atoms with Crippen molar-refractivity contribution in [3.8, 4) is 0 Å². The molecule has 84 valence electrons. The van der Waals surface area contributed by atoms with Gasteiger partial charge in [0.15, 0.2) is 0 Å². The van der Waals surface area contributed by atoms with Gasteiger partial charge in [0.25, 0.3) is 0 Å². The highest BCUT2D eigenvalue weighted by atomic mass is 32.1. The van der Waals surface area contributed by atoms with E-state index in [2.05, 4.69) is 35.2 Å². The molecule has 0 spiro atoms. The van der Waals surface area contributed by atoms with Crippen LogP contribution in [-0.4, -0.2) is 16.5 Å². The maximum absolute atomic E-state index is 4.67. The van der Waals surface area contributed by atoms with Crippen LogP contribution in [0.15, 0.2) is 6.07 Å². The van der Waals surface area contributed by atoms with Gasteiger partial charge in [-0.15, -0.1) is 11.3 Å². The van der Waals surface area contributed by atoms with Crippen molar-refractivity contribution >= 4 is 27.4 Å². The molecule has 4 heteroatoms. The number of aryl methyl sites for hydroxylation is 1. The Morgan fingerprint density at radius 2 is 2.25 bits per heavy atom. The maximum atomic E-state index is 4.67. The number of rotatable bonds is 3.